The number of anilines is 1. The number of nitro groups is 1. The molecule has 0 saturated heterocycles. The van der Waals surface area contributed by atoms with E-state index in [4.69, 9.17) is 5.26 Å². The minimum absolute atomic E-state index is 0.0470. The average molecular weight is 249 g/mol. The van der Waals surface area contributed by atoms with Crippen LogP contribution in [0.15, 0.2) is 18.2 Å². The number of likely N-dealkylation sites (N-methyl/N-ethyl adjacent to an activating group) is 1. The van der Waals surface area contributed by atoms with Crippen LogP contribution in [-0.2, 0) is 9.53 Å². The number of para-hydroxylation sites is 1. The summed E-state index contributed by atoms with van der Waals surface area (Å²) in [5.41, 5.74) is -0.162. The van der Waals surface area contributed by atoms with Crippen molar-refractivity contribution in [3.05, 3.63) is 33.9 Å². The molecule has 0 radical (unpaired) electrons. The molecule has 1 rings (SSSR count). The predicted molar refractivity (Wildman–Crippen MR) is 63.1 cm³/mol. The molecule has 0 aromatic heterocycles. The van der Waals surface area contributed by atoms with Gasteiger partial charge in [0.2, 0.25) is 0 Å². The second kappa shape index (κ2) is 5.63. The Hall–Kier alpha value is -2.62. The second-order valence-electron chi connectivity index (χ2n) is 3.47. The third kappa shape index (κ3) is 2.74. The summed E-state index contributed by atoms with van der Waals surface area (Å²) >= 11 is 0. The molecular weight excluding hydrogens is 238 g/mol. The summed E-state index contributed by atoms with van der Waals surface area (Å²) in [5.74, 6) is -0.519. The number of benzene rings is 1. The van der Waals surface area contributed by atoms with Gasteiger partial charge in [0.15, 0.2) is 0 Å². The van der Waals surface area contributed by atoms with E-state index in [1.54, 1.807) is 6.07 Å². The number of hydrogen-bond donors (Lipinski definition) is 0. The molecule has 1 aromatic carbocycles. The van der Waals surface area contributed by atoms with Gasteiger partial charge >= 0.3 is 11.7 Å². The fourth-order valence-electron chi connectivity index (χ4n) is 1.46. The molecule has 0 N–H and O–H groups in total. The van der Waals surface area contributed by atoms with Crippen LogP contribution in [0.3, 0.4) is 0 Å². The molecule has 18 heavy (non-hydrogen) atoms. The Morgan fingerprint density at radius 2 is 2.28 bits per heavy atom. The van der Waals surface area contributed by atoms with Crippen molar-refractivity contribution in [1.82, 2.24) is 0 Å². The van der Waals surface area contributed by atoms with Crippen molar-refractivity contribution in [2.75, 3.05) is 25.6 Å². The zero-order chi connectivity index (χ0) is 13.7. The second-order valence-corrected chi connectivity index (χ2v) is 3.47. The molecule has 0 atom stereocenters. The van der Waals surface area contributed by atoms with Crippen LogP contribution in [0.5, 0.6) is 0 Å². The molecule has 0 aliphatic heterocycles. The van der Waals surface area contributed by atoms with Crippen molar-refractivity contribution < 1.29 is 14.5 Å². The van der Waals surface area contributed by atoms with Crippen LogP contribution in [0.1, 0.15) is 5.56 Å². The summed E-state index contributed by atoms with van der Waals surface area (Å²) in [5, 5.41) is 19.8. The minimum Gasteiger partial charge on any atom is -0.468 e. The maximum absolute atomic E-state index is 11.1. The van der Waals surface area contributed by atoms with Crippen LogP contribution in [-0.4, -0.2) is 31.6 Å². The van der Waals surface area contributed by atoms with Crippen molar-refractivity contribution in [2.24, 2.45) is 0 Å². The number of nitriles is 1. The highest BCUT2D eigenvalue weighted by molar-refractivity contribution is 5.78. The molecule has 94 valence electrons. The van der Waals surface area contributed by atoms with Gasteiger partial charge in [0.1, 0.15) is 23.9 Å². The van der Waals surface area contributed by atoms with Crippen LogP contribution < -0.4 is 4.90 Å². The molecule has 0 heterocycles. The monoisotopic (exact) mass is 249 g/mol. The van der Waals surface area contributed by atoms with Gasteiger partial charge in [-0.15, -0.1) is 0 Å². The van der Waals surface area contributed by atoms with E-state index in [9.17, 15) is 14.9 Å². The molecule has 1 aromatic rings. The van der Waals surface area contributed by atoms with Crippen LogP contribution in [0.2, 0.25) is 0 Å². The lowest BCUT2D eigenvalue weighted by atomic mass is 10.1. The fraction of sp³-hybridized carbons (Fsp3) is 0.273. The zero-order valence-electron chi connectivity index (χ0n) is 9.91. The molecule has 0 aliphatic rings. The van der Waals surface area contributed by atoms with Crippen LogP contribution in [0.4, 0.5) is 11.4 Å². The summed E-state index contributed by atoms with van der Waals surface area (Å²) in [7, 11) is 2.75. The van der Waals surface area contributed by atoms with Crippen molar-refractivity contribution in [3.8, 4) is 6.07 Å². The van der Waals surface area contributed by atoms with Gasteiger partial charge in [-0.2, -0.15) is 5.26 Å². The number of methoxy groups -OCH3 is 1. The first-order valence-corrected chi connectivity index (χ1v) is 4.96. The highest BCUT2D eigenvalue weighted by Crippen LogP contribution is 2.30. The first-order valence-electron chi connectivity index (χ1n) is 4.96. The van der Waals surface area contributed by atoms with E-state index in [1.807, 2.05) is 0 Å². The number of ether oxygens (including phenoxy) is 1. The smallest absolute Gasteiger partial charge is 0.325 e. The Kier molecular flexibility index (Phi) is 4.21. The lowest BCUT2D eigenvalue weighted by molar-refractivity contribution is -0.384. The number of esters is 1. The van der Waals surface area contributed by atoms with Crippen LogP contribution in [0.25, 0.3) is 0 Å². The lowest BCUT2D eigenvalue weighted by Gasteiger charge is -2.17. The van der Waals surface area contributed by atoms with Crippen molar-refractivity contribution in [1.29, 1.82) is 5.26 Å². The molecule has 0 spiro atoms. The highest BCUT2D eigenvalue weighted by atomic mass is 16.6. The molecule has 0 saturated carbocycles. The first kappa shape index (κ1) is 13.4. The molecule has 0 aliphatic carbocycles. The Balaban J connectivity index is 3.20. The summed E-state index contributed by atoms with van der Waals surface area (Å²) in [6, 6.07) is 6.11. The summed E-state index contributed by atoms with van der Waals surface area (Å²) in [6.07, 6.45) is 0. The number of nitrogens with zero attached hydrogens (tertiary/aromatic N) is 3. The van der Waals surface area contributed by atoms with Gasteiger partial charge in [-0.1, -0.05) is 6.07 Å². The van der Waals surface area contributed by atoms with E-state index in [1.165, 1.54) is 37.3 Å². The SMILES string of the molecule is COC(=O)CN(C)c1cccc(C#N)c1[N+](=O)[O-]. The van der Waals surface area contributed by atoms with Crippen molar-refractivity contribution in [3.63, 3.8) is 0 Å². The first-order chi connectivity index (χ1) is 8.51. The predicted octanol–water partition coefficient (Wildman–Crippen LogP) is 1.08. The topological polar surface area (TPSA) is 96.5 Å². The number of rotatable bonds is 4. The third-order valence-electron chi connectivity index (χ3n) is 2.32. The number of carbonyl (C=O) groups excluding carboxylic acids is 1. The Morgan fingerprint density at radius 1 is 1.61 bits per heavy atom. The minimum atomic E-state index is -0.637. The van der Waals surface area contributed by atoms with E-state index < -0.39 is 10.9 Å². The van der Waals surface area contributed by atoms with Gasteiger partial charge in [0, 0.05) is 7.05 Å². The molecule has 0 bridgehead atoms. The zero-order valence-corrected chi connectivity index (χ0v) is 9.91. The number of carbonyl (C=O) groups is 1. The quantitative estimate of drug-likeness (QED) is 0.450. The van der Waals surface area contributed by atoms with Crippen molar-refractivity contribution in [2.45, 2.75) is 0 Å². The Labute approximate surface area is 103 Å². The van der Waals surface area contributed by atoms with Crippen LogP contribution in [0, 0.1) is 21.4 Å². The maximum Gasteiger partial charge on any atom is 0.325 e. The normalized spacial score (nSPS) is 9.39. The number of hydrogen-bond acceptors (Lipinski definition) is 6. The fourth-order valence-corrected chi connectivity index (χ4v) is 1.46. The molecule has 0 fully saturated rings. The van der Waals surface area contributed by atoms with E-state index in [-0.39, 0.29) is 23.5 Å². The van der Waals surface area contributed by atoms with Gasteiger partial charge in [-0.25, -0.2) is 0 Å². The van der Waals surface area contributed by atoms with E-state index in [0.29, 0.717) is 0 Å². The molecule has 7 nitrogen and oxygen atoms in total. The summed E-state index contributed by atoms with van der Waals surface area (Å²) in [4.78, 5) is 22.8. The average Bonchev–Trinajstić information content (AvgIpc) is 2.37. The lowest BCUT2D eigenvalue weighted by Crippen LogP contribution is -2.27. The Morgan fingerprint density at radius 3 is 2.78 bits per heavy atom. The van der Waals surface area contributed by atoms with Gasteiger partial charge in [-0.3, -0.25) is 14.9 Å². The molecule has 7 heteroatoms. The largest absolute Gasteiger partial charge is 0.468 e. The van der Waals surface area contributed by atoms with E-state index >= 15 is 0 Å². The summed E-state index contributed by atoms with van der Waals surface area (Å²) in [6.45, 7) is -0.133. The van der Waals surface area contributed by atoms with Crippen molar-refractivity contribution >= 4 is 17.3 Å². The molecular formula is C11H11N3O4. The van der Waals surface area contributed by atoms with E-state index in [2.05, 4.69) is 4.74 Å². The maximum atomic E-state index is 11.1. The van der Waals surface area contributed by atoms with Gasteiger partial charge < -0.3 is 9.64 Å². The summed E-state index contributed by atoms with van der Waals surface area (Å²) < 4.78 is 4.48. The van der Waals surface area contributed by atoms with Gasteiger partial charge in [-0.05, 0) is 12.1 Å². The number of nitro benzene ring substituents is 1. The molecule has 0 amide bonds. The highest BCUT2D eigenvalue weighted by Gasteiger charge is 2.23. The van der Waals surface area contributed by atoms with Crippen LogP contribution >= 0.6 is 0 Å². The van der Waals surface area contributed by atoms with E-state index in [0.717, 1.165) is 0 Å². The third-order valence-corrected chi connectivity index (χ3v) is 2.32. The standard InChI is InChI=1S/C11H11N3O4/c1-13(7-10(15)18-2)9-5-3-4-8(6-12)11(9)14(16)17/h3-5H,7H2,1-2H3. The molecule has 0 unspecified atom stereocenters. The van der Waals surface area contributed by atoms with Gasteiger partial charge in [0.25, 0.3) is 0 Å². The Bertz CT molecular complexity index is 522. The van der Waals surface area contributed by atoms with Gasteiger partial charge in [0.05, 0.1) is 12.0 Å².